The number of hydrogen-bond donors (Lipinski definition) is 4. The van der Waals surface area contributed by atoms with Crippen LogP contribution in [0.15, 0.2) is 18.2 Å². The molecule has 18 heavy (non-hydrogen) atoms. The monoisotopic (exact) mass is 254 g/mol. The van der Waals surface area contributed by atoms with Gasteiger partial charge in [0.25, 0.3) is 5.91 Å². The summed E-state index contributed by atoms with van der Waals surface area (Å²) in [7, 11) is 1.42. The van der Waals surface area contributed by atoms with Gasteiger partial charge in [-0.25, -0.2) is 0 Å². The summed E-state index contributed by atoms with van der Waals surface area (Å²) in [6.07, 6.45) is -1.47. The Morgan fingerprint density at radius 3 is 2.72 bits per heavy atom. The average Bonchev–Trinajstić information content (AvgIpc) is 2.35. The zero-order valence-corrected chi connectivity index (χ0v) is 9.71. The molecule has 0 aliphatic carbocycles. The van der Waals surface area contributed by atoms with Gasteiger partial charge in [-0.3, -0.25) is 9.59 Å². The van der Waals surface area contributed by atoms with Gasteiger partial charge in [-0.2, -0.15) is 0 Å². The van der Waals surface area contributed by atoms with E-state index in [-0.39, 0.29) is 17.9 Å². The summed E-state index contributed by atoms with van der Waals surface area (Å²) in [5.41, 5.74) is 4.80. The van der Waals surface area contributed by atoms with Crippen LogP contribution in [0.3, 0.4) is 0 Å². The van der Waals surface area contributed by atoms with E-state index in [1.807, 2.05) is 0 Å². The molecular weight excluding hydrogens is 240 g/mol. The third kappa shape index (κ3) is 3.36. The summed E-state index contributed by atoms with van der Waals surface area (Å²) in [6, 6.07) is 4.13. The fraction of sp³-hybridized carbons (Fsp3) is 0.273. The molecule has 0 aromatic heterocycles. The van der Waals surface area contributed by atoms with E-state index >= 15 is 0 Å². The van der Waals surface area contributed by atoms with Crippen LogP contribution in [0.1, 0.15) is 10.4 Å². The molecule has 7 heteroatoms. The fourth-order valence-corrected chi connectivity index (χ4v) is 1.21. The number of aliphatic hydroxyl groups is 1. The zero-order chi connectivity index (χ0) is 13.7. The highest BCUT2D eigenvalue weighted by molar-refractivity contribution is 5.97. The van der Waals surface area contributed by atoms with Crippen molar-refractivity contribution in [1.82, 2.24) is 5.32 Å². The molecule has 7 nitrogen and oxygen atoms in total. The minimum atomic E-state index is -1.47. The normalized spacial score (nSPS) is 11.7. The van der Waals surface area contributed by atoms with E-state index in [2.05, 4.69) is 5.32 Å². The van der Waals surface area contributed by atoms with Crippen molar-refractivity contribution in [3.05, 3.63) is 23.8 Å². The van der Waals surface area contributed by atoms with Gasteiger partial charge >= 0.3 is 0 Å². The number of phenols is 1. The van der Waals surface area contributed by atoms with Crippen LogP contribution in [0, 0.1) is 0 Å². The lowest BCUT2D eigenvalue weighted by Crippen LogP contribution is -2.39. The topological polar surface area (TPSA) is 122 Å². The third-order valence-corrected chi connectivity index (χ3v) is 2.23. The molecule has 0 aliphatic rings. The van der Waals surface area contributed by atoms with Crippen molar-refractivity contribution in [3.8, 4) is 11.5 Å². The number of nitrogens with one attached hydrogen (secondary N) is 1. The number of aliphatic hydroxyl groups excluding tert-OH is 1. The van der Waals surface area contributed by atoms with Gasteiger partial charge < -0.3 is 26.0 Å². The Bertz CT molecular complexity index is 461. The Balaban J connectivity index is 2.75. The highest BCUT2D eigenvalue weighted by Crippen LogP contribution is 2.22. The molecule has 1 aromatic rings. The van der Waals surface area contributed by atoms with Crippen molar-refractivity contribution >= 4 is 11.8 Å². The Labute approximate surface area is 103 Å². The molecular formula is C11H14N2O5. The Kier molecular flexibility index (Phi) is 4.50. The fourth-order valence-electron chi connectivity index (χ4n) is 1.21. The van der Waals surface area contributed by atoms with Gasteiger partial charge in [-0.1, -0.05) is 0 Å². The molecule has 0 spiro atoms. The maximum absolute atomic E-state index is 11.7. The molecule has 0 radical (unpaired) electrons. The van der Waals surface area contributed by atoms with Crippen molar-refractivity contribution in [3.63, 3.8) is 0 Å². The number of primary amides is 1. The van der Waals surface area contributed by atoms with Crippen LogP contribution in [0.5, 0.6) is 11.5 Å². The molecule has 1 aromatic carbocycles. The van der Waals surface area contributed by atoms with E-state index in [1.165, 1.54) is 25.3 Å². The molecule has 1 atom stereocenters. The third-order valence-electron chi connectivity index (χ3n) is 2.23. The number of methoxy groups -OCH3 is 1. The summed E-state index contributed by atoms with van der Waals surface area (Å²) >= 11 is 0. The first kappa shape index (κ1) is 13.8. The number of carbonyl (C=O) groups is 2. The second-order valence-corrected chi connectivity index (χ2v) is 3.51. The summed E-state index contributed by atoms with van der Waals surface area (Å²) in [4.78, 5) is 22.2. The summed E-state index contributed by atoms with van der Waals surface area (Å²) in [6.45, 7) is -0.329. The van der Waals surface area contributed by atoms with Crippen LogP contribution in [-0.4, -0.2) is 41.8 Å². The lowest BCUT2D eigenvalue weighted by atomic mass is 10.1. The van der Waals surface area contributed by atoms with Gasteiger partial charge in [0.2, 0.25) is 5.91 Å². The number of phenolic OH excluding ortho intramolecular Hbond substituents is 1. The van der Waals surface area contributed by atoms with Crippen LogP contribution in [-0.2, 0) is 4.79 Å². The number of nitrogens with two attached hydrogens (primary N) is 1. The van der Waals surface area contributed by atoms with Crippen LogP contribution >= 0.6 is 0 Å². The first-order valence-electron chi connectivity index (χ1n) is 5.08. The highest BCUT2D eigenvalue weighted by Gasteiger charge is 2.16. The minimum absolute atomic E-state index is 0.0222. The van der Waals surface area contributed by atoms with E-state index in [4.69, 9.17) is 15.6 Å². The first-order chi connectivity index (χ1) is 8.45. The van der Waals surface area contributed by atoms with Crippen LogP contribution in [0.25, 0.3) is 0 Å². The Morgan fingerprint density at radius 1 is 1.50 bits per heavy atom. The van der Waals surface area contributed by atoms with Crippen LogP contribution < -0.4 is 15.8 Å². The standard InChI is InChI=1S/C11H14N2O5/c1-18-6-2-3-8(14)7(4-6)11(17)13-5-9(15)10(12)16/h2-4,9,14-15H,5H2,1H3,(H2,12,16)(H,13,17). The molecule has 5 N–H and O–H groups in total. The first-order valence-corrected chi connectivity index (χ1v) is 5.08. The molecule has 0 aliphatic heterocycles. The van der Waals surface area contributed by atoms with Gasteiger partial charge in [0, 0.05) is 0 Å². The predicted octanol–water partition coefficient (Wildman–Crippen LogP) is -1.02. The molecule has 0 saturated carbocycles. The van der Waals surface area contributed by atoms with Crippen LogP contribution in [0.2, 0.25) is 0 Å². The number of hydrogen-bond acceptors (Lipinski definition) is 5. The maximum atomic E-state index is 11.7. The van der Waals surface area contributed by atoms with Crippen molar-refractivity contribution in [2.45, 2.75) is 6.10 Å². The molecule has 2 amide bonds. The molecule has 0 heterocycles. The van der Waals surface area contributed by atoms with Gasteiger partial charge in [-0.05, 0) is 18.2 Å². The number of rotatable bonds is 5. The smallest absolute Gasteiger partial charge is 0.255 e. The van der Waals surface area contributed by atoms with E-state index in [9.17, 15) is 14.7 Å². The SMILES string of the molecule is COc1ccc(O)c(C(=O)NCC(O)C(N)=O)c1. The lowest BCUT2D eigenvalue weighted by molar-refractivity contribution is -0.125. The average molecular weight is 254 g/mol. The number of carbonyl (C=O) groups excluding carboxylic acids is 2. The molecule has 0 saturated heterocycles. The van der Waals surface area contributed by atoms with Gasteiger partial charge in [-0.15, -0.1) is 0 Å². The molecule has 0 fully saturated rings. The summed E-state index contributed by atoms with van der Waals surface area (Å²) in [5, 5.41) is 20.9. The minimum Gasteiger partial charge on any atom is -0.507 e. The Hall–Kier alpha value is -2.28. The predicted molar refractivity (Wildman–Crippen MR) is 62.2 cm³/mol. The summed E-state index contributed by atoms with van der Waals surface area (Å²) in [5.74, 6) is -1.42. The van der Waals surface area contributed by atoms with E-state index in [0.29, 0.717) is 5.75 Å². The van der Waals surface area contributed by atoms with E-state index < -0.39 is 17.9 Å². The molecule has 1 rings (SSSR count). The number of amides is 2. The summed E-state index contributed by atoms with van der Waals surface area (Å²) < 4.78 is 4.91. The number of ether oxygens (including phenoxy) is 1. The lowest BCUT2D eigenvalue weighted by Gasteiger charge is -2.10. The van der Waals surface area contributed by atoms with Crippen LogP contribution in [0.4, 0.5) is 0 Å². The van der Waals surface area contributed by atoms with Crippen molar-refractivity contribution in [1.29, 1.82) is 0 Å². The molecule has 0 bridgehead atoms. The number of benzene rings is 1. The van der Waals surface area contributed by atoms with Gasteiger partial charge in [0.15, 0.2) is 0 Å². The van der Waals surface area contributed by atoms with Gasteiger partial charge in [0.1, 0.15) is 17.6 Å². The van der Waals surface area contributed by atoms with Crippen molar-refractivity contribution < 1.29 is 24.5 Å². The number of aromatic hydroxyl groups is 1. The highest BCUT2D eigenvalue weighted by atomic mass is 16.5. The van der Waals surface area contributed by atoms with E-state index in [1.54, 1.807) is 0 Å². The largest absolute Gasteiger partial charge is 0.507 e. The quantitative estimate of drug-likeness (QED) is 0.535. The Morgan fingerprint density at radius 2 is 2.17 bits per heavy atom. The zero-order valence-electron chi connectivity index (χ0n) is 9.71. The second-order valence-electron chi connectivity index (χ2n) is 3.51. The molecule has 1 unspecified atom stereocenters. The maximum Gasteiger partial charge on any atom is 0.255 e. The van der Waals surface area contributed by atoms with Crippen molar-refractivity contribution in [2.75, 3.05) is 13.7 Å². The van der Waals surface area contributed by atoms with Crippen molar-refractivity contribution in [2.24, 2.45) is 5.73 Å². The van der Waals surface area contributed by atoms with E-state index in [0.717, 1.165) is 0 Å². The second kappa shape index (κ2) is 5.87. The van der Waals surface area contributed by atoms with Gasteiger partial charge in [0.05, 0.1) is 19.2 Å². The molecule has 98 valence electrons.